The van der Waals surface area contributed by atoms with Gasteiger partial charge in [0.25, 0.3) is 0 Å². The highest BCUT2D eigenvalue weighted by Gasteiger charge is 2.39. The van der Waals surface area contributed by atoms with E-state index in [1.165, 1.54) is 25.4 Å². The molecule has 7 rings (SSSR count). The molecule has 0 amide bonds. The Morgan fingerprint density at radius 3 is 2.20 bits per heavy atom. The fraction of sp³-hybridized carbons (Fsp3) is 0.250. The Kier molecular flexibility index (Phi) is 10.6. The summed E-state index contributed by atoms with van der Waals surface area (Å²) in [5.41, 5.74) is 7.94. The van der Waals surface area contributed by atoms with Crippen molar-refractivity contribution in [1.82, 2.24) is 19.9 Å². The molecule has 15 heteroatoms. The normalized spacial score (nSPS) is 13.3. The van der Waals surface area contributed by atoms with Crippen LogP contribution < -0.4 is 29.7 Å². The molecule has 4 heterocycles. The summed E-state index contributed by atoms with van der Waals surface area (Å²) in [5.74, 6) is 2.71. The van der Waals surface area contributed by atoms with Gasteiger partial charge in [-0.05, 0) is 88.9 Å². The predicted molar refractivity (Wildman–Crippen MR) is 211 cm³/mol. The van der Waals surface area contributed by atoms with E-state index in [1.807, 2.05) is 71.3 Å². The second-order valence-electron chi connectivity index (χ2n) is 13.1. The number of methoxy groups -OCH3 is 2. The Morgan fingerprint density at radius 2 is 1.60 bits per heavy atom. The van der Waals surface area contributed by atoms with Gasteiger partial charge >= 0.3 is 6.18 Å². The molecule has 1 aliphatic heterocycles. The SMILES string of the molecule is COc1ccc(CN(Cc2ccc(OC)cc2)c2cc(C)c(C(F)(F)F)c(-c3cc4ncnc5c4c(c3Cl)OCCN5[C@H](C)c3cc(Br)cnc3N)n2)cc1. The van der Waals surface area contributed by atoms with Crippen LogP contribution in [0.4, 0.5) is 30.6 Å². The van der Waals surface area contributed by atoms with E-state index in [0.717, 1.165) is 21.2 Å². The van der Waals surface area contributed by atoms with Crippen molar-refractivity contribution < 1.29 is 27.4 Å². The lowest BCUT2D eigenvalue weighted by Crippen LogP contribution is -2.31. The Balaban J connectivity index is 1.38. The summed E-state index contributed by atoms with van der Waals surface area (Å²) in [6.45, 7) is 4.57. The van der Waals surface area contributed by atoms with Crippen LogP contribution in [-0.4, -0.2) is 47.3 Å². The van der Waals surface area contributed by atoms with E-state index in [4.69, 9.17) is 36.5 Å². The Labute approximate surface area is 329 Å². The number of alkyl halides is 3. The molecule has 0 aliphatic carbocycles. The third kappa shape index (κ3) is 7.65. The van der Waals surface area contributed by atoms with E-state index in [2.05, 4.69) is 30.9 Å². The van der Waals surface area contributed by atoms with Crippen molar-refractivity contribution in [2.45, 2.75) is 39.2 Å². The molecule has 1 atom stereocenters. The highest BCUT2D eigenvalue weighted by Crippen LogP contribution is 2.49. The lowest BCUT2D eigenvalue weighted by atomic mass is 9.98. The fourth-order valence-electron chi connectivity index (χ4n) is 6.86. The molecule has 55 heavy (non-hydrogen) atoms. The number of pyridine rings is 2. The Bertz CT molecular complexity index is 2320. The van der Waals surface area contributed by atoms with E-state index in [9.17, 15) is 0 Å². The highest BCUT2D eigenvalue weighted by atomic mass is 79.9. The van der Waals surface area contributed by atoms with Crippen LogP contribution in [0.5, 0.6) is 17.2 Å². The maximum atomic E-state index is 15.1. The molecule has 284 valence electrons. The highest BCUT2D eigenvalue weighted by molar-refractivity contribution is 9.10. The number of aryl methyl sites for hydroxylation is 1. The number of nitrogen functional groups attached to an aromatic ring is 1. The third-order valence-corrected chi connectivity index (χ3v) is 10.4. The molecular weight excluding hydrogens is 799 g/mol. The first-order chi connectivity index (χ1) is 26.4. The zero-order valence-corrected chi connectivity index (χ0v) is 32.6. The van der Waals surface area contributed by atoms with Gasteiger partial charge in [0.05, 0.1) is 54.0 Å². The van der Waals surface area contributed by atoms with Crippen LogP contribution >= 0.6 is 27.5 Å². The average molecular weight is 835 g/mol. The molecule has 2 N–H and O–H groups in total. The maximum absolute atomic E-state index is 15.1. The van der Waals surface area contributed by atoms with E-state index >= 15 is 13.2 Å². The number of anilines is 3. The van der Waals surface area contributed by atoms with Gasteiger partial charge in [-0.1, -0.05) is 35.9 Å². The number of benzene rings is 3. The van der Waals surface area contributed by atoms with Crippen molar-refractivity contribution in [2.75, 3.05) is 42.9 Å². The van der Waals surface area contributed by atoms with Gasteiger partial charge in [0, 0.05) is 34.9 Å². The first-order valence-electron chi connectivity index (χ1n) is 17.2. The second kappa shape index (κ2) is 15.4. The van der Waals surface area contributed by atoms with Gasteiger partial charge in [-0.15, -0.1) is 0 Å². The smallest absolute Gasteiger partial charge is 0.418 e. The Hall–Kier alpha value is -5.34. The summed E-state index contributed by atoms with van der Waals surface area (Å²) in [7, 11) is 3.17. The summed E-state index contributed by atoms with van der Waals surface area (Å²) < 4.78 is 63.0. The van der Waals surface area contributed by atoms with Crippen LogP contribution in [0.2, 0.25) is 5.02 Å². The second-order valence-corrected chi connectivity index (χ2v) is 14.4. The van der Waals surface area contributed by atoms with Gasteiger partial charge in [-0.2, -0.15) is 13.2 Å². The molecule has 0 saturated carbocycles. The number of nitrogens with zero attached hydrogens (tertiary/aromatic N) is 6. The molecule has 0 fully saturated rings. The average Bonchev–Trinajstić information content (AvgIpc) is 3.37. The molecule has 1 aliphatic rings. The number of aromatic nitrogens is 4. The lowest BCUT2D eigenvalue weighted by Gasteiger charge is -2.30. The molecule has 6 aromatic rings. The molecule has 0 saturated heterocycles. The molecule has 3 aromatic carbocycles. The monoisotopic (exact) mass is 833 g/mol. The van der Waals surface area contributed by atoms with Gasteiger partial charge < -0.3 is 29.7 Å². The number of halogens is 5. The van der Waals surface area contributed by atoms with Crippen molar-refractivity contribution in [2.24, 2.45) is 0 Å². The van der Waals surface area contributed by atoms with E-state index in [0.29, 0.717) is 59.5 Å². The van der Waals surface area contributed by atoms with E-state index in [1.54, 1.807) is 20.4 Å². The minimum atomic E-state index is -4.77. The summed E-state index contributed by atoms with van der Waals surface area (Å²) >= 11 is 10.6. The summed E-state index contributed by atoms with van der Waals surface area (Å²) in [5, 5.41) is 0.428. The van der Waals surface area contributed by atoms with Gasteiger partial charge in [0.1, 0.15) is 41.9 Å². The quantitative estimate of drug-likeness (QED) is 0.143. The van der Waals surface area contributed by atoms with Gasteiger partial charge in [0.15, 0.2) is 5.75 Å². The summed E-state index contributed by atoms with van der Waals surface area (Å²) in [6.07, 6.45) is -1.78. The molecule has 0 radical (unpaired) electrons. The van der Waals surface area contributed by atoms with Crippen molar-refractivity contribution in [3.8, 4) is 28.5 Å². The van der Waals surface area contributed by atoms with Crippen LogP contribution in [0.15, 0.2) is 83.7 Å². The molecule has 3 aromatic heterocycles. The fourth-order valence-corrected chi connectivity index (χ4v) is 7.50. The largest absolute Gasteiger partial charge is 0.497 e. The Morgan fingerprint density at radius 1 is 0.964 bits per heavy atom. The first kappa shape index (κ1) is 38.0. The predicted octanol–water partition coefficient (Wildman–Crippen LogP) is 9.60. The molecule has 10 nitrogen and oxygen atoms in total. The molecule has 0 spiro atoms. The number of nitrogens with two attached hydrogens (primary N) is 1. The zero-order chi connectivity index (χ0) is 39.0. The van der Waals surface area contributed by atoms with E-state index in [-0.39, 0.29) is 40.2 Å². The minimum absolute atomic E-state index is 0.0199. The number of ether oxygens (including phenoxy) is 3. The maximum Gasteiger partial charge on any atom is 0.418 e. The van der Waals surface area contributed by atoms with Crippen molar-refractivity contribution in [3.05, 3.63) is 117 Å². The number of rotatable bonds is 10. The lowest BCUT2D eigenvalue weighted by molar-refractivity contribution is -0.137. The van der Waals surface area contributed by atoms with Crippen LogP contribution in [0.3, 0.4) is 0 Å². The van der Waals surface area contributed by atoms with Crippen LogP contribution in [0, 0.1) is 6.92 Å². The van der Waals surface area contributed by atoms with Gasteiger partial charge in [-0.25, -0.2) is 19.9 Å². The van der Waals surface area contributed by atoms with Crippen molar-refractivity contribution in [3.63, 3.8) is 0 Å². The van der Waals surface area contributed by atoms with Crippen molar-refractivity contribution in [1.29, 1.82) is 0 Å². The summed E-state index contributed by atoms with van der Waals surface area (Å²) in [4.78, 5) is 22.1. The van der Waals surface area contributed by atoms with Crippen LogP contribution in [-0.2, 0) is 19.3 Å². The van der Waals surface area contributed by atoms with Gasteiger partial charge in [-0.3, -0.25) is 0 Å². The van der Waals surface area contributed by atoms with Crippen molar-refractivity contribution >= 4 is 55.9 Å². The number of hydrogen-bond donors (Lipinski definition) is 1. The molecule has 0 unspecified atom stereocenters. The standard InChI is InChI=1S/C40H36BrClF3N7O3/c1-22-15-32(51(19-24-5-9-27(53-3)10-6-24)20-25-7-11-28(54-4)12-8-25)50-36(34(22)40(43,44)45)30-17-31-33-37(35(30)42)55-14-13-52(39(33)49-21-48-31)23(2)29-16-26(41)18-47-38(29)46/h5-12,15-18,21,23H,13-14,19-20H2,1-4H3,(H2,46,47)/t23-/m1/s1. The van der Waals surface area contributed by atoms with E-state index < -0.39 is 11.7 Å². The number of hydrogen-bond acceptors (Lipinski definition) is 10. The molecule has 0 bridgehead atoms. The molecular formula is C40H36BrClF3N7O3. The summed E-state index contributed by atoms with van der Waals surface area (Å²) in [6, 6.07) is 19.5. The minimum Gasteiger partial charge on any atom is -0.497 e. The first-order valence-corrected chi connectivity index (χ1v) is 18.4. The van der Waals surface area contributed by atoms with Crippen LogP contribution in [0.25, 0.3) is 22.2 Å². The van der Waals surface area contributed by atoms with Gasteiger partial charge in [0.2, 0.25) is 0 Å². The van der Waals surface area contributed by atoms with Crippen LogP contribution in [0.1, 0.15) is 40.8 Å². The topological polar surface area (TPSA) is 112 Å². The zero-order valence-electron chi connectivity index (χ0n) is 30.3. The third-order valence-electron chi connectivity index (χ3n) is 9.62.